The summed E-state index contributed by atoms with van der Waals surface area (Å²) in [7, 11) is 1.30. The third kappa shape index (κ3) is 4.92. The SMILES string of the molecule is COC(=O)CNc1cc(C)c(OCc2ccccc2)cc1C(=N)C(C)=O. The number of methoxy groups -OCH3 is 1. The Kier molecular flexibility index (Phi) is 6.49. The number of aryl methyl sites for hydroxylation is 1. The van der Waals surface area contributed by atoms with Crippen LogP contribution in [-0.2, 0) is 20.9 Å². The van der Waals surface area contributed by atoms with E-state index in [1.165, 1.54) is 14.0 Å². The van der Waals surface area contributed by atoms with Crippen LogP contribution in [0.4, 0.5) is 5.69 Å². The third-order valence-corrected chi connectivity index (χ3v) is 3.82. The molecule has 0 fully saturated rings. The van der Waals surface area contributed by atoms with E-state index < -0.39 is 5.97 Å². The van der Waals surface area contributed by atoms with Gasteiger partial charge in [0.1, 0.15) is 24.6 Å². The quantitative estimate of drug-likeness (QED) is 0.562. The molecular weight excluding hydrogens is 332 g/mol. The summed E-state index contributed by atoms with van der Waals surface area (Å²) in [5.41, 5.74) is 2.59. The summed E-state index contributed by atoms with van der Waals surface area (Å²) in [5.74, 6) is -0.227. The Morgan fingerprint density at radius 1 is 1.15 bits per heavy atom. The maximum absolute atomic E-state index is 11.7. The fraction of sp³-hybridized carbons (Fsp3) is 0.250. The Morgan fingerprint density at radius 3 is 2.46 bits per heavy atom. The number of ether oxygens (including phenoxy) is 2. The first kappa shape index (κ1) is 19.2. The molecule has 26 heavy (non-hydrogen) atoms. The van der Waals surface area contributed by atoms with Crippen molar-refractivity contribution in [2.24, 2.45) is 0 Å². The molecule has 2 rings (SSSR count). The van der Waals surface area contributed by atoms with Gasteiger partial charge in [-0.2, -0.15) is 0 Å². The van der Waals surface area contributed by atoms with Gasteiger partial charge in [-0.05, 0) is 30.2 Å². The predicted octanol–water partition coefficient (Wildman–Crippen LogP) is 3.12. The molecule has 0 bridgehead atoms. The smallest absolute Gasteiger partial charge is 0.325 e. The maximum Gasteiger partial charge on any atom is 0.325 e. The molecule has 2 aromatic rings. The Balaban J connectivity index is 2.29. The molecule has 0 amide bonds. The lowest BCUT2D eigenvalue weighted by molar-refractivity contribution is -0.138. The van der Waals surface area contributed by atoms with Crippen molar-refractivity contribution in [3.63, 3.8) is 0 Å². The second-order valence-corrected chi connectivity index (χ2v) is 5.80. The standard InChI is InChI=1S/C20H22N2O4/c1-13-9-17(22-11-19(24)25-3)16(20(21)14(2)23)10-18(13)26-12-15-7-5-4-6-8-15/h4-10,21-22H,11-12H2,1-3H3. The highest BCUT2D eigenvalue weighted by atomic mass is 16.5. The summed E-state index contributed by atoms with van der Waals surface area (Å²) in [6.45, 7) is 3.52. The van der Waals surface area contributed by atoms with Gasteiger partial charge in [-0.3, -0.25) is 15.0 Å². The van der Waals surface area contributed by atoms with Crippen molar-refractivity contribution in [3.8, 4) is 5.75 Å². The van der Waals surface area contributed by atoms with Gasteiger partial charge in [-0.15, -0.1) is 0 Å². The van der Waals surface area contributed by atoms with Crippen LogP contribution >= 0.6 is 0 Å². The van der Waals surface area contributed by atoms with Crippen molar-refractivity contribution in [2.45, 2.75) is 20.5 Å². The fourth-order valence-electron chi connectivity index (χ4n) is 2.36. The number of esters is 1. The Bertz CT molecular complexity index is 816. The second kappa shape index (κ2) is 8.80. The normalized spacial score (nSPS) is 10.1. The average molecular weight is 354 g/mol. The van der Waals surface area contributed by atoms with Gasteiger partial charge in [0.2, 0.25) is 0 Å². The third-order valence-electron chi connectivity index (χ3n) is 3.82. The van der Waals surface area contributed by atoms with Crippen LogP contribution in [0.15, 0.2) is 42.5 Å². The summed E-state index contributed by atoms with van der Waals surface area (Å²) in [6, 6.07) is 13.1. The van der Waals surface area contributed by atoms with Crippen molar-refractivity contribution in [1.29, 1.82) is 5.41 Å². The Morgan fingerprint density at radius 2 is 1.85 bits per heavy atom. The lowest BCUT2D eigenvalue weighted by Gasteiger charge is -2.16. The van der Waals surface area contributed by atoms with Crippen LogP contribution in [0, 0.1) is 12.3 Å². The number of benzene rings is 2. The van der Waals surface area contributed by atoms with Gasteiger partial charge < -0.3 is 14.8 Å². The molecule has 0 aliphatic rings. The van der Waals surface area contributed by atoms with Gasteiger partial charge in [-0.1, -0.05) is 30.3 Å². The molecule has 0 heterocycles. The van der Waals surface area contributed by atoms with Crippen molar-refractivity contribution >= 4 is 23.2 Å². The van der Waals surface area contributed by atoms with Crippen LogP contribution < -0.4 is 10.1 Å². The zero-order valence-electron chi connectivity index (χ0n) is 15.1. The molecule has 0 unspecified atom stereocenters. The molecule has 0 saturated heterocycles. The van der Waals surface area contributed by atoms with Gasteiger partial charge in [0.25, 0.3) is 0 Å². The molecule has 2 aromatic carbocycles. The van der Waals surface area contributed by atoms with E-state index in [1.54, 1.807) is 12.1 Å². The van der Waals surface area contributed by atoms with E-state index in [0.717, 1.165) is 11.1 Å². The summed E-state index contributed by atoms with van der Waals surface area (Å²) in [5, 5.41) is 11.0. The van der Waals surface area contributed by atoms with Crippen molar-refractivity contribution in [1.82, 2.24) is 0 Å². The largest absolute Gasteiger partial charge is 0.489 e. The number of hydrogen-bond acceptors (Lipinski definition) is 6. The number of carbonyl (C=O) groups excluding carboxylic acids is 2. The topological polar surface area (TPSA) is 88.5 Å². The minimum absolute atomic E-state index is 0.0572. The van der Waals surface area contributed by atoms with Crippen LogP contribution in [-0.4, -0.2) is 31.1 Å². The molecule has 136 valence electrons. The molecule has 6 heteroatoms. The molecule has 0 atom stereocenters. The van der Waals surface area contributed by atoms with Gasteiger partial charge in [-0.25, -0.2) is 0 Å². The summed E-state index contributed by atoms with van der Waals surface area (Å²) in [6.07, 6.45) is 0. The molecule has 0 saturated carbocycles. The van der Waals surface area contributed by atoms with E-state index in [9.17, 15) is 9.59 Å². The second-order valence-electron chi connectivity index (χ2n) is 5.80. The summed E-state index contributed by atoms with van der Waals surface area (Å²) < 4.78 is 10.5. The average Bonchev–Trinajstić information content (AvgIpc) is 2.65. The molecule has 0 spiro atoms. The van der Waals surface area contributed by atoms with Crippen LogP contribution in [0.1, 0.15) is 23.6 Å². The number of nitrogens with one attached hydrogen (secondary N) is 2. The van der Waals surface area contributed by atoms with E-state index in [4.69, 9.17) is 10.1 Å². The number of ketones is 1. The molecule has 0 aromatic heterocycles. The number of anilines is 1. The van der Waals surface area contributed by atoms with Gasteiger partial charge in [0.05, 0.1) is 7.11 Å². The van der Waals surface area contributed by atoms with Gasteiger partial charge in [0, 0.05) is 18.2 Å². The fourth-order valence-corrected chi connectivity index (χ4v) is 2.36. The highest BCUT2D eigenvalue weighted by Crippen LogP contribution is 2.28. The molecular formula is C20H22N2O4. The van der Waals surface area contributed by atoms with Crippen LogP contribution in [0.2, 0.25) is 0 Å². The number of hydrogen-bond donors (Lipinski definition) is 2. The van der Waals surface area contributed by atoms with Crippen molar-refractivity contribution in [2.75, 3.05) is 19.0 Å². The maximum atomic E-state index is 11.7. The van der Waals surface area contributed by atoms with Crippen LogP contribution in [0.5, 0.6) is 5.75 Å². The zero-order valence-corrected chi connectivity index (χ0v) is 15.1. The first-order valence-corrected chi connectivity index (χ1v) is 8.14. The van der Waals surface area contributed by atoms with Gasteiger partial charge >= 0.3 is 5.97 Å². The van der Waals surface area contributed by atoms with E-state index in [1.807, 2.05) is 37.3 Å². The van der Waals surface area contributed by atoms with Crippen LogP contribution in [0.3, 0.4) is 0 Å². The van der Waals surface area contributed by atoms with E-state index >= 15 is 0 Å². The predicted molar refractivity (Wildman–Crippen MR) is 100.0 cm³/mol. The summed E-state index contributed by atoms with van der Waals surface area (Å²) in [4.78, 5) is 23.1. The molecule has 0 aliphatic heterocycles. The first-order valence-electron chi connectivity index (χ1n) is 8.14. The summed E-state index contributed by atoms with van der Waals surface area (Å²) >= 11 is 0. The van der Waals surface area contributed by atoms with Crippen molar-refractivity contribution in [3.05, 3.63) is 59.2 Å². The minimum atomic E-state index is -0.438. The Hall–Kier alpha value is -3.15. The monoisotopic (exact) mass is 354 g/mol. The molecule has 0 radical (unpaired) electrons. The minimum Gasteiger partial charge on any atom is -0.489 e. The lowest BCUT2D eigenvalue weighted by Crippen LogP contribution is -2.19. The molecule has 2 N–H and O–H groups in total. The highest BCUT2D eigenvalue weighted by Gasteiger charge is 2.16. The molecule has 0 aliphatic carbocycles. The van der Waals surface area contributed by atoms with Crippen molar-refractivity contribution < 1.29 is 19.1 Å². The van der Waals surface area contributed by atoms with E-state index in [0.29, 0.717) is 23.6 Å². The number of rotatable bonds is 8. The van der Waals surface area contributed by atoms with E-state index in [-0.39, 0.29) is 18.0 Å². The van der Waals surface area contributed by atoms with E-state index in [2.05, 4.69) is 10.1 Å². The molecule has 6 nitrogen and oxygen atoms in total. The zero-order chi connectivity index (χ0) is 19.1. The highest BCUT2D eigenvalue weighted by molar-refractivity contribution is 6.45. The Labute approximate surface area is 152 Å². The number of carbonyl (C=O) groups is 2. The first-order chi connectivity index (χ1) is 12.4. The van der Waals surface area contributed by atoms with Crippen LogP contribution in [0.25, 0.3) is 0 Å². The number of Topliss-reactive ketones (excluding diaryl/α,β-unsaturated/α-hetero) is 1. The van der Waals surface area contributed by atoms with Gasteiger partial charge in [0.15, 0.2) is 5.78 Å². The lowest BCUT2D eigenvalue weighted by atomic mass is 10.0.